The third-order valence-electron chi connectivity index (χ3n) is 3.68. The summed E-state index contributed by atoms with van der Waals surface area (Å²) in [7, 11) is 0. The van der Waals surface area contributed by atoms with Gasteiger partial charge in [-0.25, -0.2) is 9.97 Å². The third-order valence-corrected chi connectivity index (χ3v) is 4.67. The van der Waals surface area contributed by atoms with Gasteiger partial charge in [0.25, 0.3) is 0 Å². The fraction of sp³-hybridized carbons (Fsp3) is 0.167. The van der Waals surface area contributed by atoms with Crippen molar-refractivity contribution >= 4 is 34.3 Å². The molecular formula is C18H15N3O3S. The van der Waals surface area contributed by atoms with E-state index in [2.05, 4.69) is 15.3 Å². The SMILES string of the molecule is Cc1nc(SCC(=O)Nc2ccc3c(c2)OCO3)c2ccccc2n1. The van der Waals surface area contributed by atoms with Gasteiger partial charge in [-0.15, -0.1) is 0 Å². The first-order valence-corrected chi connectivity index (χ1v) is 8.73. The Hall–Kier alpha value is -2.80. The van der Waals surface area contributed by atoms with E-state index in [-0.39, 0.29) is 18.5 Å². The zero-order chi connectivity index (χ0) is 17.2. The van der Waals surface area contributed by atoms with E-state index in [4.69, 9.17) is 9.47 Å². The van der Waals surface area contributed by atoms with E-state index in [0.717, 1.165) is 15.9 Å². The first-order chi connectivity index (χ1) is 12.2. The van der Waals surface area contributed by atoms with Gasteiger partial charge in [0.2, 0.25) is 12.7 Å². The molecule has 0 spiro atoms. The normalized spacial score (nSPS) is 12.4. The van der Waals surface area contributed by atoms with Crippen LogP contribution in [-0.2, 0) is 4.79 Å². The Bertz CT molecular complexity index is 961. The Morgan fingerprint density at radius 1 is 1.16 bits per heavy atom. The van der Waals surface area contributed by atoms with Gasteiger partial charge >= 0.3 is 0 Å². The molecule has 1 N–H and O–H groups in total. The number of para-hydroxylation sites is 1. The lowest BCUT2D eigenvalue weighted by atomic mass is 10.2. The van der Waals surface area contributed by atoms with Gasteiger partial charge in [-0.1, -0.05) is 30.0 Å². The molecule has 0 bridgehead atoms. The van der Waals surface area contributed by atoms with Gasteiger partial charge in [0.15, 0.2) is 11.5 Å². The van der Waals surface area contributed by atoms with Gasteiger partial charge in [0, 0.05) is 17.1 Å². The number of carbonyl (C=O) groups excluding carboxylic acids is 1. The molecule has 0 fully saturated rings. The molecule has 1 aromatic heterocycles. The summed E-state index contributed by atoms with van der Waals surface area (Å²) in [4.78, 5) is 21.1. The molecule has 2 aromatic carbocycles. The first-order valence-electron chi connectivity index (χ1n) is 7.75. The van der Waals surface area contributed by atoms with Crippen LogP contribution in [-0.4, -0.2) is 28.4 Å². The number of aromatic nitrogens is 2. The number of amides is 1. The van der Waals surface area contributed by atoms with Crippen molar-refractivity contribution in [1.29, 1.82) is 0 Å². The smallest absolute Gasteiger partial charge is 0.234 e. The summed E-state index contributed by atoms with van der Waals surface area (Å²) in [6, 6.07) is 13.1. The van der Waals surface area contributed by atoms with E-state index in [0.29, 0.717) is 23.0 Å². The number of nitrogens with zero attached hydrogens (tertiary/aromatic N) is 2. The van der Waals surface area contributed by atoms with Crippen molar-refractivity contribution in [3.05, 3.63) is 48.3 Å². The number of thioether (sulfide) groups is 1. The van der Waals surface area contributed by atoms with Crippen LogP contribution in [0.1, 0.15) is 5.82 Å². The largest absolute Gasteiger partial charge is 0.454 e. The molecule has 0 aliphatic carbocycles. The van der Waals surface area contributed by atoms with Crippen LogP contribution in [0.5, 0.6) is 11.5 Å². The van der Waals surface area contributed by atoms with Crippen LogP contribution in [0.25, 0.3) is 10.9 Å². The molecule has 0 unspecified atom stereocenters. The zero-order valence-electron chi connectivity index (χ0n) is 13.5. The maximum atomic E-state index is 12.3. The van der Waals surface area contributed by atoms with E-state index < -0.39 is 0 Å². The molecule has 0 radical (unpaired) electrons. The average Bonchev–Trinajstić information content (AvgIpc) is 3.07. The summed E-state index contributed by atoms with van der Waals surface area (Å²) in [5.74, 6) is 2.18. The Kier molecular flexibility index (Phi) is 4.15. The van der Waals surface area contributed by atoms with E-state index in [1.54, 1.807) is 18.2 Å². The third kappa shape index (κ3) is 3.36. The predicted octanol–water partition coefficient (Wildman–Crippen LogP) is 3.40. The van der Waals surface area contributed by atoms with Gasteiger partial charge < -0.3 is 14.8 Å². The van der Waals surface area contributed by atoms with Gasteiger partial charge in [0.05, 0.1) is 11.3 Å². The molecule has 0 saturated heterocycles. The molecular weight excluding hydrogens is 338 g/mol. The highest BCUT2D eigenvalue weighted by molar-refractivity contribution is 8.00. The van der Waals surface area contributed by atoms with Crippen molar-refractivity contribution in [2.75, 3.05) is 17.9 Å². The number of nitrogens with one attached hydrogen (secondary N) is 1. The monoisotopic (exact) mass is 353 g/mol. The van der Waals surface area contributed by atoms with Gasteiger partial charge in [-0.3, -0.25) is 4.79 Å². The van der Waals surface area contributed by atoms with Gasteiger partial charge in [-0.05, 0) is 25.1 Å². The van der Waals surface area contributed by atoms with Crippen LogP contribution in [0.15, 0.2) is 47.5 Å². The topological polar surface area (TPSA) is 73.3 Å². The Morgan fingerprint density at radius 2 is 2.00 bits per heavy atom. The lowest BCUT2D eigenvalue weighted by molar-refractivity contribution is -0.113. The van der Waals surface area contributed by atoms with Crippen molar-refractivity contribution in [3.63, 3.8) is 0 Å². The van der Waals surface area contributed by atoms with Crippen LogP contribution >= 0.6 is 11.8 Å². The van der Waals surface area contributed by atoms with E-state index in [1.165, 1.54) is 11.8 Å². The summed E-state index contributed by atoms with van der Waals surface area (Å²) in [6.07, 6.45) is 0. The zero-order valence-corrected chi connectivity index (χ0v) is 14.3. The number of hydrogen-bond donors (Lipinski definition) is 1. The van der Waals surface area contributed by atoms with Crippen LogP contribution in [0.3, 0.4) is 0 Å². The van der Waals surface area contributed by atoms with Crippen LogP contribution in [0, 0.1) is 6.92 Å². The highest BCUT2D eigenvalue weighted by atomic mass is 32.2. The molecule has 1 amide bonds. The Morgan fingerprint density at radius 3 is 2.92 bits per heavy atom. The lowest BCUT2D eigenvalue weighted by Crippen LogP contribution is -2.14. The average molecular weight is 353 g/mol. The standard InChI is InChI=1S/C18H15N3O3S/c1-11-19-14-5-3-2-4-13(14)18(20-11)25-9-17(22)21-12-6-7-15-16(8-12)24-10-23-15/h2-8H,9-10H2,1H3,(H,21,22). The molecule has 2 heterocycles. The number of hydrogen-bond acceptors (Lipinski definition) is 6. The molecule has 6 nitrogen and oxygen atoms in total. The number of fused-ring (bicyclic) bond motifs is 2. The second kappa shape index (κ2) is 6.60. The Balaban J connectivity index is 1.45. The molecule has 0 atom stereocenters. The summed E-state index contributed by atoms with van der Waals surface area (Å²) in [5.41, 5.74) is 1.56. The van der Waals surface area contributed by atoms with E-state index in [1.807, 2.05) is 31.2 Å². The highest BCUT2D eigenvalue weighted by Crippen LogP contribution is 2.34. The summed E-state index contributed by atoms with van der Waals surface area (Å²) in [5, 5.41) is 4.63. The van der Waals surface area contributed by atoms with E-state index >= 15 is 0 Å². The van der Waals surface area contributed by atoms with Crippen molar-refractivity contribution in [2.45, 2.75) is 11.9 Å². The second-order valence-electron chi connectivity index (χ2n) is 5.50. The van der Waals surface area contributed by atoms with Crippen molar-refractivity contribution in [1.82, 2.24) is 9.97 Å². The number of rotatable bonds is 4. The molecule has 3 aromatic rings. The summed E-state index contributed by atoms with van der Waals surface area (Å²) < 4.78 is 10.6. The van der Waals surface area contributed by atoms with Crippen LogP contribution < -0.4 is 14.8 Å². The Labute approximate surface area is 148 Å². The molecule has 1 aliphatic heterocycles. The van der Waals surface area contributed by atoms with Crippen molar-refractivity contribution in [3.8, 4) is 11.5 Å². The summed E-state index contributed by atoms with van der Waals surface area (Å²) in [6.45, 7) is 2.06. The fourth-order valence-corrected chi connectivity index (χ4v) is 3.44. The molecule has 0 saturated carbocycles. The number of anilines is 1. The number of ether oxygens (including phenoxy) is 2. The second-order valence-corrected chi connectivity index (χ2v) is 6.46. The highest BCUT2D eigenvalue weighted by Gasteiger charge is 2.14. The first kappa shape index (κ1) is 15.7. The minimum absolute atomic E-state index is 0.107. The molecule has 25 heavy (non-hydrogen) atoms. The predicted molar refractivity (Wildman–Crippen MR) is 96.2 cm³/mol. The van der Waals surface area contributed by atoms with E-state index in [9.17, 15) is 4.79 Å². The molecule has 126 valence electrons. The van der Waals surface area contributed by atoms with Crippen molar-refractivity contribution in [2.24, 2.45) is 0 Å². The van der Waals surface area contributed by atoms with Crippen molar-refractivity contribution < 1.29 is 14.3 Å². The minimum atomic E-state index is -0.107. The number of benzene rings is 2. The minimum Gasteiger partial charge on any atom is -0.454 e. The van der Waals surface area contributed by atoms with Crippen LogP contribution in [0.2, 0.25) is 0 Å². The number of aryl methyl sites for hydroxylation is 1. The maximum absolute atomic E-state index is 12.3. The number of carbonyl (C=O) groups is 1. The van der Waals surface area contributed by atoms with Gasteiger partial charge in [0.1, 0.15) is 10.9 Å². The molecule has 4 rings (SSSR count). The van der Waals surface area contributed by atoms with Gasteiger partial charge in [-0.2, -0.15) is 0 Å². The van der Waals surface area contributed by atoms with Crippen LogP contribution in [0.4, 0.5) is 5.69 Å². The molecule has 1 aliphatic rings. The molecule has 7 heteroatoms. The maximum Gasteiger partial charge on any atom is 0.234 e. The summed E-state index contributed by atoms with van der Waals surface area (Å²) >= 11 is 1.40. The lowest BCUT2D eigenvalue weighted by Gasteiger charge is -2.08. The quantitative estimate of drug-likeness (QED) is 0.572. The fourth-order valence-electron chi connectivity index (χ4n) is 2.57.